The van der Waals surface area contributed by atoms with Crippen LogP contribution in [0.3, 0.4) is 0 Å². The smallest absolute Gasteiger partial charge is 0.246 e. The van der Waals surface area contributed by atoms with Gasteiger partial charge in [-0.15, -0.1) is 0 Å². The minimum Gasteiger partial charge on any atom is -0.385 e. The summed E-state index contributed by atoms with van der Waals surface area (Å²) in [6.07, 6.45) is 3.18. The molecule has 0 aromatic rings. The van der Waals surface area contributed by atoms with Gasteiger partial charge in [0.2, 0.25) is 5.91 Å². The standard InChI is InChI=1S/C11H16FN3O/c1-2-11(16)15-6-7-3-8(9(15)4-7)14-10(13)5-12/h2,7-9H,1,3-6H2,(H2,13,14). The van der Waals surface area contributed by atoms with Crippen LogP contribution < -0.4 is 5.73 Å². The number of carbonyl (C=O) groups excluding carboxylic acids is 1. The average molecular weight is 225 g/mol. The van der Waals surface area contributed by atoms with Gasteiger partial charge >= 0.3 is 0 Å². The third kappa shape index (κ3) is 1.81. The topological polar surface area (TPSA) is 58.7 Å². The number of aliphatic imine (C=N–C) groups is 1. The van der Waals surface area contributed by atoms with E-state index >= 15 is 0 Å². The van der Waals surface area contributed by atoms with Gasteiger partial charge in [-0.2, -0.15) is 0 Å². The lowest BCUT2D eigenvalue weighted by molar-refractivity contribution is -0.127. The summed E-state index contributed by atoms with van der Waals surface area (Å²) < 4.78 is 12.3. The Hall–Kier alpha value is -1.39. The Labute approximate surface area is 94.0 Å². The van der Waals surface area contributed by atoms with Crippen LogP contribution in [0.2, 0.25) is 0 Å². The lowest BCUT2D eigenvalue weighted by Gasteiger charge is -2.30. The molecule has 0 radical (unpaired) electrons. The Bertz CT molecular complexity index is 342. The van der Waals surface area contributed by atoms with Gasteiger partial charge in [-0.05, 0) is 24.8 Å². The number of amides is 1. The third-order valence-electron chi connectivity index (χ3n) is 3.38. The lowest BCUT2D eigenvalue weighted by atomic mass is 10.1. The second-order valence-corrected chi connectivity index (χ2v) is 4.42. The van der Waals surface area contributed by atoms with Crippen molar-refractivity contribution >= 4 is 11.7 Å². The maximum atomic E-state index is 12.3. The number of nitrogens with zero attached hydrogens (tertiary/aromatic N) is 2. The normalized spacial score (nSPS) is 33.2. The van der Waals surface area contributed by atoms with Gasteiger partial charge < -0.3 is 10.6 Å². The molecule has 1 heterocycles. The van der Waals surface area contributed by atoms with Gasteiger partial charge in [-0.1, -0.05) is 6.58 Å². The van der Waals surface area contributed by atoms with Crippen molar-refractivity contribution in [1.82, 2.24) is 4.90 Å². The highest BCUT2D eigenvalue weighted by atomic mass is 19.1. The monoisotopic (exact) mass is 225 g/mol. The van der Waals surface area contributed by atoms with Gasteiger partial charge in [0.15, 0.2) is 0 Å². The fourth-order valence-electron chi connectivity index (χ4n) is 2.75. The molecule has 2 aliphatic rings. The van der Waals surface area contributed by atoms with Crippen molar-refractivity contribution in [2.45, 2.75) is 24.9 Å². The zero-order valence-electron chi connectivity index (χ0n) is 9.10. The van der Waals surface area contributed by atoms with E-state index in [1.807, 2.05) is 0 Å². The first-order chi connectivity index (χ1) is 7.65. The second-order valence-electron chi connectivity index (χ2n) is 4.42. The van der Waals surface area contributed by atoms with Crippen LogP contribution in [-0.2, 0) is 4.79 Å². The first-order valence-electron chi connectivity index (χ1n) is 5.46. The zero-order chi connectivity index (χ0) is 11.7. The van der Waals surface area contributed by atoms with Crippen molar-refractivity contribution in [2.24, 2.45) is 16.6 Å². The number of carbonyl (C=O) groups is 1. The fourth-order valence-corrected chi connectivity index (χ4v) is 2.75. The quantitative estimate of drug-likeness (QED) is 0.431. The van der Waals surface area contributed by atoms with E-state index in [1.165, 1.54) is 6.08 Å². The molecule has 88 valence electrons. The van der Waals surface area contributed by atoms with Crippen molar-refractivity contribution in [1.29, 1.82) is 0 Å². The highest BCUT2D eigenvalue weighted by molar-refractivity contribution is 5.88. The molecule has 2 bridgehead atoms. The molecule has 0 spiro atoms. The molecule has 1 saturated carbocycles. The minimum atomic E-state index is -0.719. The number of likely N-dealkylation sites (tertiary alicyclic amines) is 1. The maximum Gasteiger partial charge on any atom is 0.246 e. The summed E-state index contributed by atoms with van der Waals surface area (Å²) in [4.78, 5) is 17.5. The summed E-state index contributed by atoms with van der Waals surface area (Å²) >= 11 is 0. The van der Waals surface area contributed by atoms with E-state index in [4.69, 9.17) is 5.73 Å². The molecule has 16 heavy (non-hydrogen) atoms. The fraction of sp³-hybridized carbons (Fsp3) is 0.636. The van der Waals surface area contributed by atoms with E-state index in [2.05, 4.69) is 11.6 Å². The van der Waals surface area contributed by atoms with E-state index in [1.54, 1.807) is 4.90 Å². The van der Waals surface area contributed by atoms with Crippen molar-refractivity contribution in [3.63, 3.8) is 0 Å². The van der Waals surface area contributed by atoms with Crippen LogP contribution in [0.1, 0.15) is 12.8 Å². The van der Waals surface area contributed by atoms with E-state index < -0.39 is 6.67 Å². The summed E-state index contributed by atoms with van der Waals surface area (Å²) in [6, 6.07) is 0.0546. The van der Waals surface area contributed by atoms with Crippen LogP contribution in [0.15, 0.2) is 17.6 Å². The van der Waals surface area contributed by atoms with Gasteiger partial charge in [0.25, 0.3) is 0 Å². The molecule has 4 nitrogen and oxygen atoms in total. The summed E-state index contributed by atoms with van der Waals surface area (Å²) in [5.41, 5.74) is 5.39. The number of halogens is 1. The molecule has 1 saturated heterocycles. The predicted octanol–water partition coefficient (Wildman–Crippen LogP) is 0.489. The first kappa shape index (κ1) is 11.1. The largest absolute Gasteiger partial charge is 0.385 e. The van der Waals surface area contributed by atoms with Crippen LogP contribution in [0, 0.1) is 5.92 Å². The first-order valence-corrected chi connectivity index (χ1v) is 5.46. The van der Waals surface area contributed by atoms with Crippen LogP contribution in [0.4, 0.5) is 4.39 Å². The molecule has 1 amide bonds. The highest BCUT2D eigenvalue weighted by Crippen LogP contribution is 2.39. The molecule has 5 heteroatoms. The molecular formula is C11H16FN3O. The Morgan fingerprint density at radius 3 is 2.94 bits per heavy atom. The number of alkyl halides is 1. The minimum absolute atomic E-state index is 0.0293. The molecule has 3 atom stereocenters. The van der Waals surface area contributed by atoms with E-state index in [0.717, 1.165) is 19.4 Å². The number of piperidine rings is 1. The number of nitrogens with two attached hydrogens (primary N) is 1. The molecular weight excluding hydrogens is 209 g/mol. The number of hydrogen-bond acceptors (Lipinski definition) is 2. The Kier molecular flexibility index (Phi) is 2.94. The Balaban J connectivity index is 2.10. The van der Waals surface area contributed by atoms with Gasteiger partial charge in [0.05, 0.1) is 12.1 Å². The molecule has 2 rings (SSSR count). The molecule has 3 unspecified atom stereocenters. The van der Waals surface area contributed by atoms with E-state index in [9.17, 15) is 9.18 Å². The third-order valence-corrected chi connectivity index (χ3v) is 3.38. The van der Waals surface area contributed by atoms with Crippen molar-refractivity contribution in [2.75, 3.05) is 13.2 Å². The van der Waals surface area contributed by atoms with Crippen molar-refractivity contribution < 1.29 is 9.18 Å². The molecule has 2 N–H and O–H groups in total. The summed E-state index contributed by atoms with van der Waals surface area (Å²) in [5, 5.41) is 0. The number of rotatable bonds is 3. The number of fused-ring (bicyclic) bond motifs is 2. The Morgan fingerprint density at radius 1 is 1.62 bits per heavy atom. The van der Waals surface area contributed by atoms with Gasteiger partial charge in [-0.3, -0.25) is 9.79 Å². The van der Waals surface area contributed by atoms with Gasteiger partial charge in [0, 0.05) is 6.54 Å². The van der Waals surface area contributed by atoms with Gasteiger partial charge in [-0.25, -0.2) is 4.39 Å². The summed E-state index contributed by atoms with van der Waals surface area (Å²) in [7, 11) is 0. The van der Waals surface area contributed by atoms with Crippen LogP contribution in [-0.4, -0.2) is 41.9 Å². The average Bonchev–Trinajstić information content (AvgIpc) is 2.86. The van der Waals surface area contributed by atoms with Crippen LogP contribution in [0.25, 0.3) is 0 Å². The number of hydrogen-bond donors (Lipinski definition) is 1. The highest BCUT2D eigenvalue weighted by Gasteiger charge is 2.46. The van der Waals surface area contributed by atoms with Crippen molar-refractivity contribution in [3.05, 3.63) is 12.7 Å². The molecule has 0 aromatic heterocycles. The Morgan fingerprint density at radius 2 is 2.38 bits per heavy atom. The van der Waals surface area contributed by atoms with Crippen LogP contribution in [0.5, 0.6) is 0 Å². The maximum absolute atomic E-state index is 12.3. The van der Waals surface area contributed by atoms with Gasteiger partial charge in [0.1, 0.15) is 12.5 Å². The molecule has 2 fully saturated rings. The molecule has 1 aliphatic heterocycles. The number of amidine groups is 1. The summed E-state index contributed by atoms with van der Waals surface area (Å²) in [6.45, 7) is 3.54. The SMILES string of the molecule is C=CC(=O)N1CC2CC(N=C(N)CF)C1C2. The van der Waals surface area contributed by atoms with E-state index in [-0.39, 0.29) is 23.8 Å². The molecule has 1 aliphatic carbocycles. The molecule has 0 aromatic carbocycles. The lowest BCUT2D eigenvalue weighted by Crippen LogP contribution is -2.44. The second kappa shape index (κ2) is 4.23. The zero-order valence-corrected chi connectivity index (χ0v) is 9.10. The van der Waals surface area contributed by atoms with E-state index in [0.29, 0.717) is 5.92 Å². The van der Waals surface area contributed by atoms with Crippen molar-refractivity contribution in [3.8, 4) is 0 Å². The predicted molar refractivity (Wildman–Crippen MR) is 59.8 cm³/mol. The summed E-state index contributed by atoms with van der Waals surface area (Å²) in [5.74, 6) is 0.449. The van der Waals surface area contributed by atoms with Crippen LogP contribution >= 0.6 is 0 Å².